The van der Waals surface area contributed by atoms with Crippen LogP contribution in [-0.4, -0.2) is 16.5 Å². The first-order valence-electron chi connectivity index (χ1n) is 7.16. The molecule has 2 N–H and O–H groups in total. The molecule has 19 heavy (non-hydrogen) atoms. The summed E-state index contributed by atoms with van der Waals surface area (Å²) in [6.45, 7) is 3.23. The quantitative estimate of drug-likeness (QED) is 0.879. The number of nitrogens with zero attached hydrogens (tertiary/aromatic N) is 1. The fourth-order valence-electron chi connectivity index (χ4n) is 2.67. The van der Waals surface area contributed by atoms with Crippen molar-refractivity contribution < 1.29 is 0 Å². The third-order valence-corrected chi connectivity index (χ3v) is 5.23. The van der Waals surface area contributed by atoms with E-state index >= 15 is 0 Å². The Bertz CT molecular complexity index is 492. The molecule has 2 heterocycles. The lowest BCUT2D eigenvalue weighted by Gasteiger charge is -2.11. The maximum Gasteiger partial charge on any atom is 0.107 e. The maximum absolute atomic E-state index is 4.25. The Morgan fingerprint density at radius 3 is 3.11 bits per heavy atom. The van der Waals surface area contributed by atoms with Gasteiger partial charge in [-0.15, -0.1) is 11.3 Å². The number of thiophene rings is 1. The van der Waals surface area contributed by atoms with E-state index in [2.05, 4.69) is 28.3 Å². The molecular weight excluding hydrogens is 254 g/mol. The summed E-state index contributed by atoms with van der Waals surface area (Å²) >= 11 is 2.01. The number of aromatic nitrogens is 2. The molecule has 0 aromatic carbocycles. The van der Waals surface area contributed by atoms with Gasteiger partial charge >= 0.3 is 0 Å². The minimum Gasteiger partial charge on any atom is -0.349 e. The number of rotatable bonds is 5. The summed E-state index contributed by atoms with van der Waals surface area (Å²) in [7, 11) is 0. The molecule has 102 valence electrons. The highest BCUT2D eigenvalue weighted by atomic mass is 32.1. The molecule has 1 unspecified atom stereocenters. The predicted octanol–water partition coefficient (Wildman–Crippen LogP) is 3.24. The molecule has 1 aliphatic carbocycles. The summed E-state index contributed by atoms with van der Waals surface area (Å²) in [6, 6.07) is 2.87. The summed E-state index contributed by atoms with van der Waals surface area (Å²) in [5.41, 5.74) is 1.60. The highest BCUT2D eigenvalue weighted by Gasteiger charge is 2.16. The van der Waals surface area contributed by atoms with Gasteiger partial charge in [-0.05, 0) is 44.2 Å². The van der Waals surface area contributed by atoms with Gasteiger partial charge in [0.2, 0.25) is 0 Å². The standard InChI is InChI=1S/C15H21N3S/c1-11(16-7-6-15-17-8-9-18-15)14-10-12-4-2-3-5-13(12)19-14/h8-11,16H,2-7H2,1H3,(H,17,18). The number of hydrogen-bond donors (Lipinski definition) is 2. The predicted molar refractivity (Wildman–Crippen MR) is 79.7 cm³/mol. The van der Waals surface area contributed by atoms with Crippen molar-refractivity contribution in [2.75, 3.05) is 6.54 Å². The smallest absolute Gasteiger partial charge is 0.107 e. The number of H-pyrrole nitrogens is 1. The fourth-order valence-corrected chi connectivity index (χ4v) is 3.95. The van der Waals surface area contributed by atoms with Gasteiger partial charge in [0.25, 0.3) is 0 Å². The second-order valence-corrected chi connectivity index (χ2v) is 6.43. The lowest BCUT2D eigenvalue weighted by atomic mass is 9.99. The zero-order valence-electron chi connectivity index (χ0n) is 11.4. The Balaban J connectivity index is 1.54. The van der Waals surface area contributed by atoms with Crippen LogP contribution in [0, 0.1) is 0 Å². The molecule has 2 aromatic heterocycles. The normalized spacial score (nSPS) is 16.3. The first-order valence-corrected chi connectivity index (χ1v) is 7.97. The van der Waals surface area contributed by atoms with E-state index in [1.165, 1.54) is 30.6 Å². The summed E-state index contributed by atoms with van der Waals surface area (Å²) in [5, 5.41) is 3.60. The molecule has 4 heteroatoms. The van der Waals surface area contributed by atoms with Crippen LogP contribution in [0.1, 0.15) is 46.9 Å². The molecule has 1 aliphatic rings. The van der Waals surface area contributed by atoms with Gasteiger partial charge in [-0.25, -0.2) is 4.98 Å². The zero-order chi connectivity index (χ0) is 13.1. The van der Waals surface area contributed by atoms with E-state index in [0.717, 1.165) is 18.8 Å². The van der Waals surface area contributed by atoms with E-state index in [-0.39, 0.29) is 0 Å². The molecule has 0 radical (unpaired) electrons. The maximum atomic E-state index is 4.25. The van der Waals surface area contributed by atoms with Crippen LogP contribution in [0.15, 0.2) is 18.5 Å². The van der Waals surface area contributed by atoms with Crippen molar-refractivity contribution in [2.24, 2.45) is 0 Å². The van der Waals surface area contributed by atoms with E-state index in [9.17, 15) is 0 Å². The van der Waals surface area contributed by atoms with E-state index < -0.39 is 0 Å². The van der Waals surface area contributed by atoms with E-state index in [1.807, 2.05) is 23.7 Å². The van der Waals surface area contributed by atoms with Crippen LogP contribution >= 0.6 is 11.3 Å². The number of aryl methyl sites for hydroxylation is 2. The molecule has 0 bridgehead atoms. The minimum absolute atomic E-state index is 0.450. The molecule has 0 saturated carbocycles. The molecule has 3 nitrogen and oxygen atoms in total. The Morgan fingerprint density at radius 2 is 2.32 bits per heavy atom. The van der Waals surface area contributed by atoms with Crippen LogP contribution in [0.4, 0.5) is 0 Å². The van der Waals surface area contributed by atoms with Gasteiger partial charge in [0, 0.05) is 41.2 Å². The molecule has 0 saturated heterocycles. The Labute approximate surface area is 118 Å². The van der Waals surface area contributed by atoms with Crippen molar-refractivity contribution in [1.82, 2.24) is 15.3 Å². The molecule has 0 aliphatic heterocycles. The second kappa shape index (κ2) is 5.88. The molecule has 0 spiro atoms. The summed E-state index contributed by atoms with van der Waals surface area (Å²) in [4.78, 5) is 10.5. The van der Waals surface area contributed by atoms with Gasteiger partial charge in [0.05, 0.1) is 0 Å². The first-order chi connectivity index (χ1) is 9.33. The third kappa shape index (κ3) is 3.07. The monoisotopic (exact) mass is 275 g/mol. The average Bonchev–Trinajstić information content (AvgIpc) is 3.07. The van der Waals surface area contributed by atoms with Crippen molar-refractivity contribution in [1.29, 1.82) is 0 Å². The summed E-state index contributed by atoms with van der Waals surface area (Å²) in [6.07, 6.45) is 9.96. The first kappa shape index (κ1) is 12.9. The van der Waals surface area contributed by atoms with E-state index in [4.69, 9.17) is 0 Å². The number of nitrogens with one attached hydrogen (secondary N) is 2. The SMILES string of the molecule is CC(NCCc1ncc[nH]1)c1cc2c(s1)CCCC2. The second-order valence-electron chi connectivity index (χ2n) is 5.27. The Morgan fingerprint density at radius 1 is 1.42 bits per heavy atom. The number of imidazole rings is 1. The van der Waals surface area contributed by atoms with Crippen LogP contribution < -0.4 is 5.32 Å². The Hall–Kier alpha value is -1.13. The molecule has 0 amide bonds. The highest BCUT2D eigenvalue weighted by Crippen LogP contribution is 2.32. The molecule has 1 atom stereocenters. The van der Waals surface area contributed by atoms with Crippen LogP contribution in [0.25, 0.3) is 0 Å². The van der Waals surface area contributed by atoms with Crippen molar-refractivity contribution in [3.05, 3.63) is 39.6 Å². The van der Waals surface area contributed by atoms with Gasteiger partial charge in [-0.3, -0.25) is 0 Å². The number of fused-ring (bicyclic) bond motifs is 1. The fraction of sp³-hybridized carbons (Fsp3) is 0.533. The lowest BCUT2D eigenvalue weighted by molar-refractivity contribution is 0.578. The summed E-state index contributed by atoms with van der Waals surface area (Å²) in [5.74, 6) is 1.06. The van der Waals surface area contributed by atoms with Gasteiger partial charge < -0.3 is 10.3 Å². The molecule has 0 fully saturated rings. The molecule has 2 aromatic rings. The van der Waals surface area contributed by atoms with Crippen molar-refractivity contribution in [3.63, 3.8) is 0 Å². The number of hydrogen-bond acceptors (Lipinski definition) is 3. The van der Waals surface area contributed by atoms with Crippen molar-refractivity contribution >= 4 is 11.3 Å². The van der Waals surface area contributed by atoms with E-state index in [0.29, 0.717) is 6.04 Å². The zero-order valence-corrected chi connectivity index (χ0v) is 12.2. The minimum atomic E-state index is 0.450. The number of aromatic amines is 1. The van der Waals surface area contributed by atoms with Gasteiger partial charge in [0.15, 0.2) is 0 Å². The van der Waals surface area contributed by atoms with Crippen LogP contribution in [0.3, 0.4) is 0 Å². The summed E-state index contributed by atoms with van der Waals surface area (Å²) < 4.78 is 0. The van der Waals surface area contributed by atoms with Gasteiger partial charge in [0.1, 0.15) is 5.82 Å². The largest absolute Gasteiger partial charge is 0.349 e. The van der Waals surface area contributed by atoms with Crippen LogP contribution in [-0.2, 0) is 19.3 Å². The van der Waals surface area contributed by atoms with Gasteiger partial charge in [-0.1, -0.05) is 0 Å². The topological polar surface area (TPSA) is 40.7 Å². The van der Waals surface area contributed by atoms with Crippen LogP contribution in [0.2, 0.25) is 0 Å². The van der Waals surface area contributed by atoms with Crippen molar-refractivity contribution in [3.8, 4) is 0 Å². The highest BCUT2D eigenvalue weighted by molar-refractivity contribution is 7.12. The Kier molecular flexibility index (Phi) is 3.99. The lowest BCUT2D eigenvalue weighted by Crippen LogP contribution is -2.21. The van der Waals surface area contributed by atoms with Crippen molar-refractivity contribution in [2.45, 2.75) is 45.1 Å². The van der Waals surface area contributed by atoms with E-state index in [1.54, 1.807) is 10.4 Å². The molecular formula is C15H21N3S. The average molecular weight is 275 g/mol. The molecule has 3 rings (SSSR count). The van der Waals surface area contributed by atoms with Crippen LogP contribution in [0.5, 0.6) is 0 Å². The third-order valence-electron chi connectivity index (χ3n) is 3.81. The van der Waals surface area contributed by atoms with Gasteiger partial charge in [-0.2, -0.15) is 0 Å².